The fourth-order valence-electron chi connectivity index (χ4n) is 4.93. The first-order valence-corrected chi connectivity index (χ1v) is 18.3. The third kappa shape index (κ3) is 26.3. The van der Waals surface area contributed by atoms with Gasteiger partial charge in [-0.3, -0.25) is 14.4 Å². The minimum Gasteiger partial charge on any atom is -0.466 e. The van der Waals surface area contributed by atoms with Crippen molar-refractivity contribution >= 4 is 30.2 Å². The molecule has 2 heterocycles. The summed E-state index contributed by atoms with van der Waals surface area (Å²) in [5.41, 5.74) is 1.26. The van der Waals surface area contributed by atoms with Crippen LogP contribution in [0.3, 0.4) is 0 Å². The molecule has 0 radical (unpaired) electrons. The molecule has 2 unspecified atom stereocenters. The summed E-state index contributed by atoms with van der Waals surface area (Å²) < 4.78 is 45.4. The van der Waals surface area contributed by atoms with Gasteiger partial charge in [0.1, 0.15) is 25.1 Å². The lowest BCUT2D eigenvalue weighted by Crippen LogP contribution is -2.37. The van der Waals surface area contributed by atoms with Crippen molar-refractivity contribution in [2.45, 2.75) is 157 Å². The van der Waals surface area contributed by atoms with E-state index in [1.807, 2.05) is 13.8 Å². The molecule has 13 heteroatoms. The van der Waals surface area contributed by atoms with Gasteiger partial charge in [-0.2, -0.15) is 0 Å². The van der Waals surface area contributed by atoms with Crippen LogP contribution >= 0.6 is 0 Å². The van der Waals surface area contributed by atoms with E-state index in [-0.39, 0.29) is 52.8 Å². The summed E-state index contributed by atoms with van der Waals surface area (Å²) in [6.07, 6.45) is 6.65. The zero-order chi connectivity index (χ0) is 37.9. The van der Waals surface area contributed by atoms with Crippen molar-refractivity contribution in [1.29, 1.82) is 0 Å². The van der Waals surface area contributed by atoms with Crippen molar-refractivity contribution in [1.82, 2.24) is 0 Å². The molecule has 308 valence electrons. The van der Waals surface area contributed by atoms with Crippen LogP contribution in [0.15, 0.2) is 24.3 Å². The van der Waals surface area contributed by atoms with Gasteiger partial charge in [0.2, 0.25) is 0 Å². The van der Waals surface area contributed by atoms with E-state index in [4.69, 9.17) is 42.7 Å². The average molecular weight is 759 g/mol. The first-order valence-electron chi connectivity index (χ1n) is 18.3. The molecule has 2 aliphatic rings. The number of carbonyl (C=O) groups excluding carboxylic acids is 5. The number of hydrogen-bond acceptors (Lipinski definition) is 13. The lowest BCUT2D eigenvalue weighted by atomic mass is 10.1. The van der Waals surface area contributed by atoms with Crippen molar-refractivity contribution in [3.8, 4) is 0 Å². The molecule has 0 amide bonds. The quantitative estimate of drug-likeness (QED) is 0.0166. The Morgan fingerprint density at radius 3 is 1.96 bits per heavy atom. The van der Waals surface area contributed by atoms with Crippen LogP contribution < -0.4 is 0 Å². The number of epoxide rings is 1. The van der Waals surface area contributed by atoms with E-state index in [0.717, 1.165) is 37.5 Å². The summed E-state index contributed by atoms with van der Waals surface area (Å²) in [7, 11) is 0. The van der Waals surface area contributed by atoms with Gasteiger partial charge in [0.05, 0.1) is 39.1 Å². The zero-order valence-electron chi connectivity index (χ0n) is 31.4. The number of esters is 4. The van der Waals surface area contributed by atoms with Crippen molar-refractivity contribution in [3.05, 3.63) is 24.3 Å². The summed E-state index contributed by atoms with van der Waals surface area (Å²) in [6, 6.07) is 0. The fourth-order valence-corrected chi connectivity index (χ4v) is 4.93. The fraction of sp³-hybridized carbons (Fsp3) is 0.775. The predicted molar refractivity (Wildman–Crippen MR) is 202 cm³/mol. The number of rotatable bonds is 26. The maximum atomic E-state index is 12.9. The minimum absolute atomic E-state index is 0. The maximum Gasteiger partial charge on any atom is 0.333 e. The van der Waals surface area contributed by atoms with Crippen LogP contribution in [0.5, 0.6) is 0 Å². The summed E-state index contributed by atoms with van der Waals surface area (Å²) in [5.74, 6) is -2.11. The van der Waals surface area contributed by atoms with Gasteiger partial charge in [0.25, 0.3) is 0 Å². The first-order chi connectivity index (χ1) is 24.4. The van der Waals surface area contributed by atoms with Crippen molar-refractivity contribution in [2.75, 3.05) is 46.2 Å². The molecule has 0 spiro atoms. The SMILES string of the molecule is C.C.C=C(C)COCCCCC(=O)O[C@@H]1CCOC(COC2(CCCCOC(=O)CCCC)CO2)C[C@@H]1OC(=O)CCCCOC(=O)C(=C)C.CC=O. The number of carbonyl (C=O) groups is 5. The predicted octanol–water partition coefficient (Wildman–Crippen LogP) is 7.17. The van der Waals surface area contributed by atoms with Gasteiger partial charge in [-0.25, -0.2) is 4.79 Å². The van der Waals surface area contributed by atoms with E-state index in [1.54, 1.807) is 6.92 Å². The van der Waals surface area contributed by atoms with E-state index in [2.05, 4.69) is 13.2 Å². The smallest absolute Gasteiger partial charge is 0.333 e. The molecule has 0 aromatic rings. The molecule has 0 aromatic heterocycles. The summed E-state index contributed by atoms with van der Waals surface area (Å²) in [4.78, 5) is 57.7. The highest BCUT2D eigenvalue weighted by molar-refractivity contribution is 5.86. The van der Waals surface area contributed by atoms with E-state index in [9.17, 15) is 19.2 Å². The van der Waals surface area contributed by atoms with Crippen LogP contribution in [-0.2, 0) is 61.9 Å². The molecule has 0 aliphatic carbocycles. The number of unbranched alkanes of at least 4 members (excludes halogenated alkanes) is 4. The average Bonchev–Trinajstić information content (AvgIpc) is 3.88. The van der Waals surface area contributed by atoms with Crippen molar-refractivity contribution in [2.24, 2.45) is 0 Å². The second-order valence-electron chi connectivity index (χ2n) is 12.9. The van der Waals surface area contributed by atoms with Crippen LogP contribution in [0.2, 0.25) is 0 Å². The van der Waals surface area contributed by atoms with Crippen LogP contribution in [0, 0.1) is 0 Å². The standard InChI is InChI=1S/C36H58O12.C2H4O.2CH4/c1-6-7-14-32(37)43-20-13-10-18-36(26-46-36)45-25-29-23-31(48-34(39)16-9-12-21-44-35(40)28(4)5)30(17-22-42-29)47-33(38)15-8-11-19-41-24-27(2)3;1-2-3;;/h29-31H,2,4,6-26H2,1,3,5H3;2H,1H3;2*1H4/t29?,30-,31+,36?;;;/m1.../s1. The maximum absolute atomic E-state index is 12.9. The van der Waals surface area contributed by atoms with Gasteiger partial charge in [0.15, 0.2) is 5.79 Å². The van der Waals surface area contributed by atoms with Gasteiger partial charge in [-0.1, -0.05) is 46.9 Å². The Hall–Kier alpha value is -3.13. The Morgan fingerprint density at radius 1 is 0.811 bits per heavy atom. The molecule has 0 N–H and O–H groups in total. The van der Waals surface area contributed by atoms with Crippen LogP contribution in [0.25, 0.3) is 0 Å². The van der Waals surface area contributed by atoms with Gasteiger partial charge in [-0.05, 0) is 65.7 Å². The third-order valence-corrected chi connectivity index (χ3v) is 7.80. The molecule has 2 rings (SSSR count). The number of ether oxygens (including phenoxy) is 8. The molecule has 4 atom stereocenters. The molecule has 0 bridgehead atoms. The molecule has 53 heavy (non-hydrogen) atoms. The van der Waals surface area contributed by atoms with Gasteiger partial charge < -0.3 is 42.7 Å². The summed E-state index contributed by atoms with van der Waals surface area (Å²) >= 11 is 0. The van der Waals surface area contributed by atoms with E-state index in [1.165, 1.54) is 6.92 Å². The lowest BCUT2D eigenvalue weighted by Gasteiger charge is -2.26. The van der Waals surface area contributed by atoms with Gasteiger partial charge in [-0.15, -0.1) is 0 Å². The van der Waals surface area contributed by atoms with Gasteiger partial charge >= 0.3 is 23.9 Å². The highest BCUT2D eigenvalue weighted by Crippen LogP contribution is 2.35. The van der Waals surface area contributed by atoms with Crippen LogP contribution in [-0.4, -0.2) is 101 Å². The largest absolute Gasteiger partial charge is 0.466 e. The number of aldehydes is 1. The molecule has 13 nitrogen and oxygen atoms in total. The highest BCUT2D eigenvalue weighted by atomic mass is 16.8. The van der Waals surface area contributed by atoms with Crippen LogP contribution in [0.4, 0.5) is 0 Å². The zero-order valence-corrected chi connectivity index (χ0v) is 31.4. The van der Waals surface area contributed by atoms with E-state index in [0.29, 0.717) is 90.0 Å². The molecule has 0 saturated carbocycles. The van der Waals surface area contributed by atoms with Crippen molar-refractivity contribution < 1.29 is 61.9 Å². The first kappa shape index (κ1) is 52.0. The molecule has 2 saturated heterocycles. The topological polar surface area (TPSA) is 162 Å². The second-order valence-corrected chi connectivity index (χ2v) is 12.9. The molecular weight excluding hydrogens is 688 g/mol. The monoisotopic (exact) mass is 758 g/mol. The van der Waals surface area contributed by atoms with E-state index >= 15 is 0 Å². The Morgan fingerprint density at radius 2 is 1.38 bits per heavy atom. The number of hydrogen-bond donors (Lipinski definition) is 0. The Labute approximate surface area is 318 Å². The molecular formula is C40H70O13. The molecule has 2 fully saturated rings. The Bertz CT molecular complexity index is 1070. The van der Waals surface area contributed by atoms with Crippen molar-refractivity contribution in [3.63, 3.8) is 0 Å². The van der Waals surface area contributed by atoms with E-state index < -0.39 is 36.0 Å². The summed E-state index contributed by atoms with van der Waals surface area (Å²) in [5, 5.41) is 0. The summed E-state index contributed by atoms with van der Waals surface area (Å²) in [6.45, 7) is 16.9. The minimum atomic E-state index is -0.712. The molecule has 0 aromatic carbocycles. The Kier molecular flexibility index (Phi) is 30.6. The Balaban J connectivity index is 0. The molecule has 2 aliphatic heterocycles. The third-order valence-electron chi connectivity index (χ3n) is 7.80. The van der Waals surface area contributed by atoms with Gasteiger partial charge in [0, 0.05) is 50.7 Å². The van der Waals surface area contributed by atoms with Crippen LogP contribution in [0.1, 0.15) is 132 Å². The normalized spacial score (nSPS) is 20.0. The highest BCUT2D eigenvalue weighted by Gasteiger charge is 2.46. The lowest BCUT2D eigenvalue weighted by molar-refractivity contribution is -0.169. The second kappa shape index (κ2) is 31.2.